The van der Waals surface area contributed by atoms with Crippen LogP contribution in [0.5, 0.6) is 0 Å². The molecule has 0 aromatic heterocycles. The van der Waals surface area contributed by atoms with E-state index < -0.39 is 16.0 Å². The molecule has 0 aliphatic rings. The van der Waals surface area contributed by atoms with Crippen LogP contribution in [0.3, 0.4) is 0 Å². The maximum absolute atomic E-state index is 11.9. The predicted octanol–water partition coefficient (Wildman–Crippen LogP) is 2.58. The fourth-order valence-corrected chi connectivity index (χ4v) is 2.10. The average molecular weight is 320 g/mol. The second kappa shape index (κ2) is 6.11. The van der Waals surface area contributed by atoms with Crippen LogP contribution in [0.1, 0.15) is 37.6 Å². The largest absolute Gasteiger partial charge is 0.462 e. The highest BCUT2D eigenvalue weighted by atomic mass is 35.5. The number of nitrogens with two attached hydrogens (primary N) is 1. The van der Waals surface area contributed by atoms with Crippen molar-refractivity contribution in [1.82, 2.24) is 0 Å². The Bertz CT molecular complexity index is 605. The number of carbonyl (C=O) groups excluding carboxylic acids is 1. The molecule has 0 unspecified atom stereocenters. The first-order valence-corrected chi connectivity index (χ1v) is 7.92. The van der Waals surface area contributed by atoms with Gasteiger partial charge in [0.25, 0.3) is 0 Å². The second-order valence-electron chi connectivity index (χ2n) is 5.63. The monoisotopic (exact) mass is 319 g/mol. The summed E-state index contributed by atoms with van der Waals surface area (Å²) in [5.74, 6) is -0.662. The molecule has 0 aliphatic heterocycles. The summed E-state index contributed by atoms with van der Waals surface area (Å²) in [7, 11) is -3.89. The number of esters is 1. The van der Waals surface area contributed by atoms with Gasteiger partial charge in [0.15, 0.2) is 0 Å². The van der Waals surface area contributed by atoms with Gasteiger partial charge in [0, 0.05) is 0 Å². The van der Waals surface area contributed by atoms with E-state index in [1.807, 2.05) is 20.8 Å². The van der Waals surface area contributed by atoms with Crippen LogP contribution in [0.15, 0.2) is 23.1 Å². The molecule has 20 heavy (non-hydrogen) atoms. The molecule has 0 saturated carbocycles. The first kappa shape index (κ1) is 16.9. The molecule has 0 spiro atoms. The van der Waals surface area contributed by atoms with Crippen LogP contribution in [0.2, 0.25) is 5.02 Å². The van der Waals surface area contributed by atoms with Crippen LogP contribution in [-0.2, 0) is 14.8 Å². The Hall–Kier alpha value is -1.11. The molecule has 7 heteroatoms. The van der Waals surface area contributed by atoms with Gasteiger partial charge in [0.2, 0.25) is 10.0 Å². The lowest BCUT2D eigenvalue weighted by Gasteiger charge is -2.17. The third-order valence-corrected chi connectivity index (χ3v) is 3.81. The lowest BCUT2D eigenvalue weighted by Crippen LogP contribution is -2.15. The Balaban J connectivity index is 2.88. The van der Waals surface area contributed by atoms with Crippen molar-refractivity contribution in [3.8, 4) is 0 Å². The van der Waals surface area contributed by atoms with Crippen LogP contribution in [0.4, 0.5) is 0 Å². The van der Waals surface area contributed by atoms with Gasteiger partial charge in [0.1, 0.15) is 0 Å². The summed E-state index contributed by atoms with van der Waals surface area (Å²) >= 11 is 5.87. The van der Waals surface area contributed by atoms with Crippen LogP contribution in [0.25, 0.3) is 0 Å². The van der Waals surface area contributed by atoms with E-state index in [1.165, 1.54) is 12.1 Å². The molecule has 1 aromatic rings. The minimum atomic E-state index is -3.89. The molecule has 0 heterocycles. The molecule has 112 valence electrons. The first-order chi connectivity index (χ1) is 9.00. The van der Waals surface area contributed by atoms with Crippen molar-refractivity contribution in [3.05, 3.63) is 28.8 Å². The molecular weight excluding hydrogens is 302 g/mol. The zero-order chi connectivity index (χ0) is 15.6. The van der Waals surface area contributed by atoms with E-state index in [0.29, 0.717) is 6.42 Å². The van der Waals surface area contributed by atoms with E-state index in [-0.39, 0.29) is 27.5 Å². The Morgan fingerprint density at radius 3 is 2.45 bits per heavy atom. The third kappa shape index (κ3) is 5.11. The maximum Gasteiger partial charge on any atom is 0.339 e. The fraction of sp³-hybridized carbons (Fsp3) is 0.462. The number of primary sulfonamides is 1. The summed E-state index contributed by atoms with van der Waals surface area (Å²) < 4.78 is 27.6. The Morgan fingerprint density at radius 2 is 1.95 bits per heavy atom. The standard InChI is InChI=1S/C13H18ClNO4S/c1-13(2,3)6-7-19-12(16)10-8-9(20(15,17)18)4-5-11(10)14/h4-5,8H,6-7H2,1-3H3,(H2,15,17,18). The SMILES string of the molecule is CC(C)(C)CCOC(=O)c1cc(S(N)(=O)=O)ccc1Cl. The predicted molar refractivity (Wildman–Crippen MR) is 77.2 cm³/mol. The Morgan fingerprint density at radius 1 is 1.35 bits per heavy atom. The summed E-state index contributed by atoms with van der Waals surface area (Å²) in [5, 5.41) is 5.13. The van der Waals surface area contributed by atoms with Gasteiger partial charge in [-0.05, 0) is 30.0 Å². The summed E-state index contributed by atoms with van der Waals surface area (Å²) in [6.07, 6.45) is 0.686. The number of carbonyl (C=O) groups is 1. The molecule has 0 fully saturated rings. The van der Waals surface area contributed by atoms with E-state index >= 15 is 0 Å². The van der Waals surface area contributed by atoms with Gasteiger partial charge in [-0.1, -0.05) is 32.4 Å². The normalized spacial score (nSPS) is 12.2. The van der Waals surface area contributed by atoms with Gasteiger partial charge in [-0.15, -0.1) is 0 Å². The van der Waals surface area contributed by atoms with E-state index in [2.05, 4.69) is 0 Å². The molecule has 5 nitrogen and oxygen atoms in total. The van der Waals surface area contributed by atoms with Crippen LogP contribution in [0, 0.1) is 5.41 Å². The Kier molecular flexibility index (Phi) is 5.18. The molecular formula is C13H18ClNO4S. The molecule has 2 N–H and O–H groups in total. The number of rotatable bonds is 4. The Labute approximate surface area is 124 Å². The van der Waals surface area contributed by atoms with Crippen molar-refractivity contribution in [2.75, 3.05) is 6.61 Å². The van der Waals surface area contributed by atoms with Crippen LogP contribution in [-0.4, -0.2) is 21.0 Å². The minimum absolute atomic E-state index is 0.00731. The minimum Gasteiger partial charge on any atom is -0.462 e. The molecule has 0 amide bonds. The van der Waals surface area contributed by atoms with E-state index in [1.54, 1.807) is 0 Å². The quantitative estimate of drug-likeness (QED) is 0.864. The van der Waals surface area contributed by atoms with Crippen molar-refractivity contribution in [1.29, 1.82) is 0 Å². The van der Waals surface area contributed by atoms with Crippen molar-refractivity contribution in [2.45, 2.75) is 32.1 Å². The zero-order valence-electron chi connectivity index (χ0n) is 11.6. The van der Waals surface area contributed by atoms with Crippen LogP contribution < -0.4 is 5.14 Å². The van der Waals surface area contributed by atoms with Crippen molar-refractivity contribution < 1.29 is 17.9 Å². The number of halogens is 1. The molecule has 1 rings (SSSR count). The van der Waals surface area contributed by atoms with Crippen molar-refractivity contribution in [3.63, 3.8) is 0 Å². The lowest BCUT2D eigenvalue weighted by molar-refractivity contribution is 0.0465. The van der Waals surface area contributed by atoms with Crippen molar-refractivity contribution in [2.24, 2.45) is 10.6 Å². The third-order valence-electron chi connectivity index (χ3n) is 2.57. The highest BCUT2D eigenvalue weighted by Gasteiger charge is 2.18. The zero-order valence-corrected chi connectivity index (χ0v) is 13.2. The van der Waals surface area contributed by atoms with Gasteiger partial charge in [-0.25, -0.2) is 18.4 Å². The van der Waals surface area contributed by atoms with Crippen LogP contribution >= 0.6 is 11.6 Å². The summed E-state index contributed by atoms with van der Waals surface area (Å²) in [4.78, 5) is 11.7. The highest BCUT2D eigenvalue weighted by Crippen LogP contribution is 2.22. The van der Waals surface area contributed by atoms with Gasteiger partial charge in [0.05, 0.1) is 22.1 Å². The van der Waals surface area contributed by atoms with Gasteiger partial charge in [-0.2, -0.15) is 0 Å². The number of hydrogen-bond acceptors (Lipinski definition) is 4. The second-order valence-corrected chi connectivity index (χ2v) is 7.60. The van der Waals surface area contributed by atoms with E-state index in [4.69, 9.17) is 21.5 Å². The molecule has 0 bridgehead atoms. The molecule has 0 aliphatic carbocycles. The summed E-state index contributed by atoms with van der Waals surface area (Å²) in [6.45, 7) is 6.30. The lowest BCUT2D eigenvalue weighted by atomic mass is 9.93. The fourth-order valence-electron chi connectivity index (χ4n) is 1.37. The number of benzene rings is 1. The summed E-state index contributed by atoms with van der Waals surface area (Å²) in [6, 6.07) is 3.67. The highest BCUT2D eigenvalue weighted by molar-refractivity contribution is 7.89. The number of hydrogen-bond donors (Lipinski definition) is 1. The molecule has 0 atom stereocenters. The number of ether oxygens (including phenoxy) is 1. The maximum atomic E-state index is 11.9. The first-order valence-electron chi connectivity index (χ1n) is 6.00. The molecule has 1 aromatic carbocycles. The smallest absolute Gasteiger partial charge is 0.339 e. The topological polar surface area (TPSA) is 86.5 Å². The van der Waals surface area contributed by atoms with Crippen molar-refractivity contribution >= 4 is 27.6 Å². The number of sulfonamides is 1. The average Bonchev–Trinajstić information content (AvgIpc) is 2.25. The molecule has 0 radical (unpaired) electrons. The van der Waals surface area contributed by atoms with E-state index in [0.717, 1.165) is 6.07 Å². The molecule has 0 saturated heterocycles. The van der Waals surface area contributed by atoms with E-state index in [9.17, 15) is 13.2 Å². The van der Waals surface area contributed by atoms with Gasteiger partial charge in [-0.3, -0.25) is 0 Å². The van der Waals surface area contributed by atoms with Gasteiger partial charge >= 0.3 is 5.97 Å². The summed E-state index contributed by atoms with van der Waals surface area (Å²) in [5.41, 5.74) is 0.0269. The van der Waals surface area contributed by atoms with Gasteiger partial charge < -0.3 is 4.74 Å².